The number of benzene rings is 1. The van der Waals surface area contributed by atoms with Gasteiger partial charge < -0.3 is 24.2 Å². The van der Waals surface area contributed by atoms with Crippen LogP contribution >= 0.6 is 0 Å². The summed E-state index contributed by atoms with van der Waals surface area (Å²) in [7, 11) is 0. The summed E-state index contributed by atoms with van der Waals surface area (Å²) in [6.45, 7) is 5.21. The molecule has 0 bridgehead atoms. The third kappa shape index (κ3) is 3.62. The van der Waals surface area contributed by atoms with E-state index in [4.69, 9.17) is 9.47 Å². The summed E-state index contributed by atoms with van der Waals surface area (Å²) in [6, 6.07) is 8.21. The smallest absolute Gasteiger partial charge is 0.228 e. The molecule has 1 spiro atoms. The van der Waals surface area contributed by atoms with E-state index in [1.807, 2.05) is 17.0 Å². The van der Waals surface area contributed by atoms with Crippen LogP contribution in [0.2, 0.25) is 0 Å². The molecule has 2 amide bonds. The van der Waals surface area contributed by atoms with Crippen molar-refractivity contribution in [3.05, 3.63) is 24.3 Å². The van der Waals surface area contributed by atoms with Gasteiger partial charge in [0.05, 0.1) is 19.1 Å². The van der Waals surface area contributed by atoms with Gasteiger partial charge in [0.25, 0.3) is 0 Å². The molecule has 29 heavy (non-hydrogen) atoms. The molecule has 156 valence electrons. The van der Waals surface area contributed by atoms with Crippen LogP contribution in [0.5, 0.6) is 0 Å². The van der Waals surface area contributed by atoms with E-state index < -0.39 is 5.79 Å². The van der Waals surface area contributed by atoms with Crippen LogP contribution in [0, 0.1) is 5.92 Å². The summed E-state index contributed by atoms with van der Waals surface area (Å²) < 4.78 is 11.5. The number of nitrogens with zero attached hydrogens (tertiary/aromatic N) is 3. The Morgan fingerprint density at radius 3 is 2.21 bits per heavy atom. The second-order valence-electron chi connectivity index (χ2n) is 8.55. The topological polar surface area (TPSA) is 62.3 Å². The van der Waals surface area contributed by atoms with E-state index in [-0.39, 0.29) is 17.7 Å². The predicted octanol–water partition coefficient (Wildman–Crippen LogP) is 2.01. The van der Waals surface area contributed by atoms with Crippen molar-refractivity contribution >= 4 is 23.2 Å². The molecule has 1 aromatic carbocycles. The molecule has 4 saturated heterocycles. The van der Waals surface area contributed by atoms with Crippen LogP contribution in [-0.4, -0.2) is 68.4 Å². The van der Waals surface area contributed by atoms with E-state index in [0.29, 0.717) is 52.1 Å². The van der Waals surface area contributed by atoms with Crippen LogP contribution in [-0.2, 0) is 19.1 Å². The Kier molecular flexibility index (Phi) is 4.95. The van der Waals surface area contributed by atoms with E-state index in [0.717, 1.165) is 18.8 Å². The number of hydrogen-bond acceptors (Lipinski definition) is 5. The molecule has 4 heterocycles. The number of likely N-dealkylation sites (tertiary alicyclic amines) is 1. The third-order valence-electron chi connectivity index (χ3n) is 6.76. The predicted molar refractivity (Wildman–Crippen MR) is 109 cm³/mol. The highest BCUT2D eigenvalue weighted by Crippen LogP contribution is 2.33. The average molecular weight is 399 g/mol. The van der Waals surface area contributed by atoms with Crippen molar-refractivity contribution in [1.82, 2.24) is 4.90 Å². The zero-order valence-electron chi connectivity index (χ0n) is 16.8. The average Bonchev–Trinajstić information content (AvgIpc) is 3.50. The van der Waals surface area contributed by atoms with Gasteiger partial charge in [0.1, 0.15) is 0 Å². The van der Waals surface area contributed by atoms with Crippen molar-refractivity contribution in [2.24, 2.45) is 5.92 Å². The maximum Gasteiger partial charge on any atom is 0.228 e. The molecular weight excluding hydrogens is 370 g/mol. The van der Waals surface area contributed by atoms with E-state index in [9.17, 15) is 9.59 Å². The van der Waals surface area contributed by atoms with Gasteiger partial charge in [-0.1, -0.05) is 0 Å². The van der Waals surface area contributed by atoms with Gasteiger partial charge in [-0.25, -0.2) is 0 Å². The van der Waals surface area contributed by atoms with Gasteiger partial charge in [0.2, 0.25) is 11.8 Å². The fraction of sp³-hybridized carbons (Fsp3) is 0.636. The fourth-order valence-electron chi connectivity index (χ4n) is 5.05. The summed E-state index contributed by atoms with van der Waals surface area (Å²) >= 11 is 0. The summed E-state index contributed by atoms with van der Waals surface area (Å²) in [5.74, 6) is -0.624. The first-order valence-corrected chi connectivity index (χ1v) is 10.9. The largest absolute Gasteiger partial charge is 0.372 e. The molecule has 1 atom stereocenters. The number of carbonyl (C=O) groups is 2. The molecule has 0 N–H and O–H groups in total. The number of hydrogen-bond donors (Lipinski definition) is 0. The number of piperidine rings is 1. The second kappa shape index (κ2) is 7.61. The van der Waals surface area contributed by atoms with Gasteiger partial charge in [0.15, 0.2) is 5.79 Å². The highest BCUT2D eigenvalue weighted by molar-refractivity contribution is 6.00. The maximum absolute atomic E-state index is 13.0. The molecule has 0 saturated carbocycles. The van der Waals surface area contributed by atoms with Crippen LogP contribution in [0.15, 0.2) is 24.3 Å². The number of anilines is 2. The summed E-state index contributed by atoms with van der Waals surface area (Å²) in [5, 5.41) is 0. The minimum absolute atomic E-state index is 0.0354. The van der Waals surface area contributed by atoms with Gasteiger partial charge in [-0.2, -0.15) is 0 Å². The van der Waals surface area contributed by atoms with Crippen molar-refractivity contribution in [3.63, 3.8) is 0 Å². The van der Waals surface area contributed by atoms with Gasteiger partial charge in [-0.15, -0.1) is 0 Å². The fourth-order valence-corrected chi connectivity index (χ4v) is 5.05. The lowest BCUT2D eigenvalue weighted by atomic mass is 10.0. The molecule has 0 radical (unpaired) electrons. The molecule has 5 rings (SSSR count). The standard InChI is InChI=1S/C22H29N3O4/c26-20-15-17(21(27)24-11-7-22(8-12-24)28-13-14-29-22)16-25(20)19-5-3-18(4-6-19)23-9-1-2-10-23/h3-6,17H,1-2,7-16H2. The van der Waals surface area contributed by atoms with Crippen LogP contribution in [0.3, 0.4) is 0 Å². The van der Waals surface area contributed by atoms with Crippen molar-refractivity contribution in [2.75, 3.05) is 55.7 Å². The minimum atomic E-state index is -0.481. The molecule has 0 aliphatic carbocycles. The van der Waals surface area contributed by atoms with Crippen LogP contribution in [0.1, 0.15) is 32.1 Å². The van der Waals surface area contributed by atoms with E-state index in [2.05, 4.69) is 17.0 Å². The van der Waals surface area contributed by atoms with E-state index in [1.165, 1.54) is 18.5 Å². The van der Waals surface area contributed by atoms with Crippen molar-refractivity contribution in [3.8, 4) is 0 Å². The molecule has 4 fully saturated rings. The number of carbonyl (C=O) groups excluding carboxylic acids is 2. The zero-order chi connectivity index (χ0) is 19.8. The van der Waals surface area contributed by atoms with Gasteiger partial charge in [0, 0.05) is 63.4 Å². The summed E-state index contributed by atoms with van der Waals surface area (Å²) in [5.41, 5.74) is 2.10. The molecule has 7 heteroatoms. The zero-order valence-corrected chi connectivity index (χ0v) is 16.8. The van der Waals surface area contributed by atoms with Crippen LogP contribution < -0.4 is 9.80 Å². The Balaban J connectivity index is 1.20. The molecule has 1 unspecified atom stereocenters. The van der Waals surface area contributed by atoms with Crippen molar-refractivity contribution < 1.29 is 19.1 Å². The molecule has 0 aromatic heterocycles. The molecule has 1 aromatic rings. The van der Waals surface area contributed by atoms with Crippen molar-refractivity contribution in [1.29, 1.82) is 0 Å². The number of ether oxygens (including phenoxy) is 2. The molecular formula is C22H29N3O4. The van der Waals surface area contributed by atoms with Gasteiger partial charge in [-0.3, -0.25) is 9.59 Å². The monoisotopic (exact) mass is 399 g/mol. The molecule has 4 aliphatic heterocycles. The first kappa shape index (κ1) is 18.9. The van der Waals surface area contributed by atoms with E-state index in [1.54, 1.807) is 4.90 Å². The summed E-state index contributed by atoms with van der Waals surface area (Å²) in [4.78, 5) is 31.7. The molecule has 7 nitrogen and oxygen atoms in total. The Bertz CT molecular complexity index is 759. The third-order valence-corrected chi connectivity index (χ3v) is 6.76. The van der Waals surface area contributed by atoms with Crippen LogP contribution in [0.4, 0.5) is 11.4 Å². The van der Waals surface area contributed by atoms with Crippen LogP contribution in [0.25, 0.3) is 0 Å². The number of rotatable bonds is 3. The maximum atomic E-state index is 13.0. The SMILES string of the molecule is O=C(C1CC(=O)N(c2ccc(N3CCCC3)cc2)C1)N1CCC2(CC1)OCCO2. The van der Waals surface area contributed by atoms with Crippen molar-refractivity contribution in [2.45, 2.75) is 37.9 Å². The Labute approximate surface area is 171 Å². The summed E-state index contributed by atoms with van der Waals surface area (Å²) in [6.07, 6.45) is 4.20. The Hall–Kier alpha value is -2.12. The lowest BCUT2D eigenvalue weighted by molar-refractivity contribution is -0.188. The second-order valence-corrected chi connectivity index (χ2v) is 8.55. The highest BCUT2D eigenvalue weighted by Gasteiger charge is 2.43. The minimum Gasteiger partial charge on any atom is -0.372 e. The molecule has 4 aliphatic rings. The van der Waals surface area contributed by atoms with Gasteiger partial charge >= 0.3 is 0 Å². The normalized spacial score (nSPS) is 26.7. The lowest BCUT2D eigenvalue weighted by Gasteiger charge is -2.38. The highest BCUT2D eigenvalue weighted by atomic mass is 16.7. The Morgan fingerprint density at radius 1 is 0.931 bits per heavy atom. The number of amides is 2. The first-order chi connectivity index (χ1) is 14.1. The quantitative estimate of drug-likeness (QED) is 0.778. The van der Waals surface area contributed by atoms with E-state index >= 15 is 0 Å². The van der Waals surface area contributed by atoms with Gasteiger partial charge in [-0.05, 0) is 37.1 Å². The Morgan fingerprint density at radius 2 is 1.55 bits per heavy atom. The first-order valence-electron chi connectivity index (χ1n) is 10.9. The lowest BCUT2D eigenvalue weighted by Crippen LogP contribution is -2.49.